The largest absolute Gasteiger partial charge is 0.507 e. The van der Waals surface area contributed by atoms with Gasteiger partial charge in [-0.25, -0.2) is 0 Å². The van der Waals surface area contributed by atoms with Crippen LogP contribution in [-0.4, -0.2) is 53.5 Å². The maximum atomic E-state index is 12.8. The summed E-state index contributed by atoms with van der Waals surface area (Å²) in [7, 11) is 3.82. The van der Waals surface area contributed by atoms with Gasteiger partial charge in [-0.15, -0.1) is 0 Å². The summed E-state index contributed by atoms with van der Waals surface area (Å²) in [6.07, 6.45) is -0.827. The summed E-state index contributed by atoms with van der Waals surface area (Å²) in [5.41, 5.74) is 2.01. The fraction of sp³-hybridized carbons (Fsp3) is 0.273. The molecule has 2 aromatic rings. The van der Waals surface area contributed by atoms with Crippen LogP contribution in [0.15, 0.2) is 54.1 Å². The predicted molar refractivity (Wildman–Crippen MR) is 113 cm³/mol. The van der Waals surface area contributed by atoms with Gasteiger partial charge in [-0.1, -0.05) is 23.7 Å². The Morgan fingerprint density at radius 2 is 1.69 bits per heavy atom. The van der Waals surface area contributed by atoms with E-state index in [0.29, 0.717) is 16.1 Å². The Hall–Kier alpha value is -2.83. The van der Waals surface area contributed by atoms with Crippen molar-refractivity contribution in [2.75, 3.05) is 25.5 Å². The van der Waals surface area contributed by atoms with Crippen molar-refractivity contribution in [2.24, 2.45) is 0 Å². The molecular weight excluding hydrogens is 392 g/mol. The highest BCUT2D eigenvalue weighted by Gasteiger charge is 2.46. The van der Waals surface area contributed by atoms with Crippen LogP contribution in [0.5, 0.6) is 0 Å². The zero-order valence-corrected chi connectivity index (χ0v) is 17.2. The molecule has 1 fully saturated rings. The third-order valence-electron chi connectivity index (χ3n) is 4.84. The van der Waals surface area contributed by atoms with Gasteiger partial charge in [-0.05, 0) is 48.9 Å². The zero-order valence-electron chi connectivity index (χ0n) is 16.5. The van der Waals surface area contributed by atoms with Gasteiger partial charge < -0.3 is 20.0 Å². The van der Waals surface area contributed by atoms with Crippen molar-refractivity contribution in [3.05, 3.63) is 70.3 Å². The van der Waals surface area contributed by atoms with Crippen LogP contribution in [-0.2, 0) is 9.59 Å². The van der Waals surface area contributed by atoms with Crippen molar-refractivity contribution < 1.29 is 19.8 Å². The van der Waals surface area contributed by atoms with E-state index in [4.69, 9.17) is 11.6 Å². The molecule has 0 spiro atoms. The number of carbonyl (C=O) groups is 2. The highest BCUT2D eigenvalue weighted by molar-refractivity contribution is 6.46. The van der Waals surface area contributed by atoms with Crippen LogP contribution >= 0.6 is 11.6 Å². The van der Waals surface area contributed by atoms with E-state index in [-0.39, 0.29) is 17.9 Å². The summed E-state index contributed by atoms with van der Waals surface area (Å²) < 4.78 is 0. The van der Waals surface area contributed by atoms with E-state index in [1.165, 1.54) is 4.90 Å². The van der Waals surface area contributed by atoms with Crippen molar-refractivity contribution in [1.82, 2.24) is 4.90 Å². The van der Waals surface area contributed by atoms with Gasteiger partial charge in [0.25, 0.3) is 11.7 Å². The molecule has 7 heteroatoms. The van der Waals surface area contributed by atoms with Crippen molar-refractivity contribution >= 4 is 34.7 Å². The Bertz CT molecular complexity index is 950. The number of β-amino-alcohol motifs (C(OH)–C–C–N with tert-alkyl or cyclic N) is 1. The maximum Gasteiger partial charge on any atom is 0.295 e. The molecule has 6 nitrogen and oxygen atoms in total. The van der Waals surface area contributed by atoms with Crippen molar-refractivity contribution in [3.8, 4) is 0 Å². The highest BCUT2D eigenvalue weighted by atomic mass is 35.5. The number of anilines is 1. The van der Waals surface area contributed by atoms with Crippen molar-refractivity contribution in [1.29, 1.82) is 0 Å². The number of nitrogens with zero attached hydrogens (tertiary/aromatic N) is 2. The van der Waals surface area contributed by atoms with Gasteiger partial charge in [0.15, 0.2) is 0 Å². The summed E-state index contributed by atoms with van der Waals surface area (Å²) in [4.78, 5) is 28.7. The molecule has 1 heterocycles. The van der Waals surface area contributed by atoms with Gasteiger partial charge in [0.05, 0.1) is 17.7 Å². The Morgan fingerprint density at radius 1 is 1.10 bits per heavy atom. The molecule has 29 heavy (non-hydrogen) atoms. The van der Waals surface area contributed by atoms with Crippen molar-refractivity contribution in [3.63, 3.8) is 0 Å². The van der Waals surface area contributed by atoms with E-state index in [9.17, 15) is 19.8 Å². The maximum absolute atomic E-state index is 12.8. The van der Waals surface area contributed by atoms with Gasteiger partial charge in [0.1, 0.15) is 5.76 Å². The number of aliphatic hydroxyl groups is 2. The summed E-state index contributed by atoms with van der Waals surface area (Å²) in [5.74, 6) is -1.79. The predicted octanol–water partition coefficient (Wildman–Crippen LogP) is 3.21. The monoisotopic (exact) mass is 414 g/mol. The van der Waals surface area contributed by atoms with Crippen LogP contribution in [0.25, 0.3) is 5.76 Å². The minimum Gasteiger partial charge on any atom is -0.507 e. The fourth-order valence-corrected chi connectivity index (χ4v) is 3.54. The van der Waals surface area contributed by atoms with E-state index in [0.717, 1.165) is 5.69 Å². The SMILES string of the molecule is CC(O)CN1C(=O)C(=O)/C(=C(/O)c2ccc(Cl)cc2)C1c1ccc(N(C)C)cc1. The summed E-state index contributed by atoms with van der Waals surface area (Å²) in [6, 6.07) is 13.0. The molecule has 0 aromatic heterocycles. The average Bonchev–Trinajstić information content (AvgIpc) is 2.92. The summed E-state index contributed by atoms with van der Waals surface area (Å²) >= 11 is 5.91. The fourth-order valence-electron chi connectivity index (χ4n) is 3.42. The zero-order chi connectivity index (χ0) is 21.3. The van der Waals surface area contributed by atoms with Crippen LogP contribution < -0.4 is 4.90 Å². The van der Waals surface area contributed by atoms with E-state index in [2.05, 4.69) is 0 Å². The molecule has 1 amide bonds. The number of aliphatic hydroxyl groups excluding tert-OH is 2. The van der Waals surface area contributed by atoms with Crippen LogP contribution in [0, 0.1) is 0 Å². The number of Topliss-reactive ketones (excluding diaryl/α,β-unsaturated/α-hetero) is 1. The van der Waals surface area contributed by atoms with Gasteiger partial charge >= 0.3 is 0 Å². The summed E-state index contributed by atoms with van der Waals surface area (Å²) in [5, 5.41) is 21.3. The molecule has 1 aliphatic rings. The minimum absolute atomic E-state index is 0.00410. The molecule has 0 radical (unpaired) electrons. The Morgan fingerprint density at radius 3 is 2.21 bits per heavy atom. The molecule has 3 rings (SSSR count). The standard InChI is InChI=1S/C22H23ClN2O4/c1-13(26)12-25-19(14-6-10-17(11-7-14)24(2)3)18(21(28)22(25)29)20(27)15-4-8-16(23)9-5-15/h4-11,13,19,26-27H,12H2,1-3H3/b20-18+. The lowest BCUT2D eigenvalue weighted by atomic mass is 9.95. The lowest BCUT2D eigenvalue weighted by Crippen LogP contribution is -2.35. The molecule has 2 aromatic carbocycles. The molecule has 2 atom stereocenters. The number of rotatable bonds is 5. The quantitative estimate of drug-likeness (QED) is 0.446. The van der Waals surface area contributed by atoms with Crippen LogP contribution in [0.4, 0.5) is 5.69 Å². The Labute approximate surface area is 174 Å². The number of hydrogen-bond acceptors (Lipinski definition) is 5. The first-order valence-corrected chi connectivity index (χ1v) is 9.58. The first kappa shape index (κ1) is 20.9. The van der Waals surface area contributed by atoms with E-state index < -0.39 is 23.8 Å². The molecular formula is C22H23ClN2O4. The number of ketones is 1. The molecule has 0 bridgehead atoms. The molecule has 2 N–H and O–H groups in total. The Balaban J connectivity index is 2.15. The molecule has 1 saturated heterocycles. The number of halogens is 1. The lowest BCUT2D eigenvalue weighted by Gasteiger charge is -2.26. The van der Waals surface area contributed by atoms with Gasteiger partial charge in [0.2, 0.25) is 0 Å². The third kappa shape index (κ3) is 4.13. The molecule has 1 aliphatic heterocycles. The molecule has 2 unspecified atom stereocenters. The van der Waals surface area contributed by atoms with E-state index in [1.54, 1.807) is 31.2 Å². The second kappa shape index (κ2) is 8.27. The second-order valence-corrected chi connectivity index (χ2v) is 7.73. The lowest BCUT2D eigenvalue weighted by molar-refractivity contribution is -0.140. The van der Waals surface area contributed by atoms with Gasteiger partial charge in [-0.3, -0.25) is 9.59 Å². The third-order valence-corrected chi connectivity index (χ3v) is 5.10. The van der Waals surface area contributed by atoms with Gasteiger partial charge in [-0.2, -0.15) is 0 Å². The van der Waals surface area contributed by atoms with Crippen molar-refractivity contribution in [2.45, 2.75) is 19.1 Å². The van der Waals surface area contributed by atoms with Crippen LogP contribution in [0.2, 0.25) is 5.02 Å². The van der Waals surface area contributed by atoms with E-state index >= 15 is 0 Å². The molecule has 0 saturated carbocycles. The van der Waals surface area contributed by atoms with Crippen LogP contribution in [0.1, 0.15) is 24.1 Å². The smallest absolute Gasteiger partial charge is 0.295 e. The molecule has 152 valence electrons. The van der Waals surface area contributed by atoms with Gasteiger partial charge in [0, 0.05) is 36.9 Å². The number of benzene rings is 2. The second-order valence-electron chi connectivity index (χ2n) is 7.29. The normalized spacial score (nSPS) is 19.5. The number of amides is 1. The highest BCUT2D eigenvalue weighted by Crippen LogP contribution is 2.40. The number of carbonyl (C=O) groups excluding carboxylic acids is 2. The first-order chi connectivity index (χ1) is 13.7. The first-order valence-electron chi connectivity index (χ1n) is 9.20. The molecule has 0 aliphatic carbocycles. The van der Waals surface area contributed by atoms with Crippen LogP contribution in [0.3, 0.4) is 0 Å². The average molecular weight is 415 g/mol. The minimum atomic E-state index is -0.827. The summed E-state index contributed by atoms with van der Waals surface area (Å²) in [6.45, 7) is 1.52. The topological polar surface area (TPSA) is 81.1 Å². The number of likely N-dealkylation sites (tertiary alicyclic amines) is 1. The number of hydrogen-bond donors (Lipinski definition) is 2. The Kier molecular flexibility index (Phi) is 5.96. The van der Waals surface area contributed by atoms with E-state index in [1.807, 2.05) is 43.3 Å².